The molecule has 0 unspecified atom stereocenters. The van der Waals surface area contributed by atoms with Crippen LogP contribution < -0.4 is 10.3 Å². The Morgan fingerprint density at radius 1 is 1.16 bits per heavy atom. The number of hydrogen-bond donors (Lipinski definition) is 1. The first kappa shape index (κ1) is 16.7. The van der Waals surface area contributed by atoms with E-state index in [-0.39, 0.29) is 5.43 Å². The lowest BCUT2D eigenvalue weighted by atomic mass is 9.94. The third kappa shape index (κ3) is 4.04. The van der Waals surface area contributed by atoms with Gasteiger partial charge in [-0.3, -0.25) is 4.79 Å². The van der Waals surface area contributed by atoms with Crippen LogP contribution in [-0.4, -0.2) is 39.1 Å². The van der Waals surface area contributed by atoms with Gasteiger partial charge < -0.3 is 9.80 Å². The van der Waals surface area contributed by atoms with E-state index in [9.17, 15) is 4.79 Å². The summed E-state index contributed by atoms with van der Waals surface area (Å²) >= 11 is 9.68. The van der Waals surface area contributed by atoms with Crippen molar-refractivity contribution in [2.45, 2.75) is 31.4 Å². The first-order valence-electron chi connectivity index (χ1n) is 6.58. The summed E-state index contributed by atoms with van der Waals surface area (Å²) in [5.74, 6) is 0. The van der Waals surface area contributed by atoms with Gasteiger partial charge in [0.2, 0.25) is 5.43 Å². The molecule has 1 aromatic rings. The van der Waals surface area contributed by atoms with Crippen molar-refractivity contribution < 1.29 is 0 Å². The summed E-state index contributed by atoms with van der Waals surface area (Å²) < 4.78 is 0.0410. The number of anilines is 1. The fourth-order valence-electron chi connectivity index (χ4n) is 2.20. The molecule has 0 aromatic heterocycles. The van der Waals surface area contributed by atoms with E-state index in [0.717, 1.165) is 37.2 Å². The molecule has 108 valence electrons. The Morgan fingerprint density at radius 3 is 2.16 bits per heavy atom. The van der Waals surface area contributed by atoms with E-state index in [1.807, 2.05) is 20.9 Å². The first-order chi connectivity index (χ1) is 8.66. The fraction of sp³-hybridized carbons (Fsp3) is 0.714. The standard InChI is InChI=1S/C14H24N2OS2/c1-14(2,19)10-11(13(18)12(10)17)16(5)9-7-6-8-15(3)4/h19H,6-9H2,1-5H3. The second-order valence-corrected chi connectivity index (χ2v) is 7.40. The monoisotopic (exact) mass is 300 g/mol. The Morgan fingerprint density at radius 2 is 1.68 bits per heavy atom. The molecule has 0 radical (unpaired) electrons. The number of unbranched alkanes of at least 4 members (excludes halogenated alkanes) is 1. The highest BCUT2D eigenvalue weighted by molar-refractivity contribution is 7.81. The largest absolute Gasteiger partial charge is 0.373 e. The smallest absolute Gasteiger partial charge is 0.205 e. The van der Waals surface area contributed by atoms with Crippen molar-refractivity contribution in [1.82, 2.24) is 4.90 Å². The maximum Gasteiger partial charge on any atom is 0.205 e. The van der Waals surface area contributed by atoms with Crippen LogP contribution in [-0.2, 0) is 4.75 Å². The molecule has 0 aliphatic carbocycles. The fourth-order valence-corrected chi connectivity index (χ4v) is 2.77. The minimum Gasteiger partial charge on any atom is -0.373 e. The lowest BCUT2D eigenvalue weighted by molar-refractivity contribution is 0.395. The van der Waals surface area contributed by atoms with Crippen molar-refractivity contribution in [3.8, 4) is 0 Å². The van der Waals surface area contributed by atoms with E-state index in [4.69, 9.17) is 12.2 Å². The molecule has 0 aliphatic heterocycles. The van der Waals surface area contributed by atoms with Gasteiger partial charge in [-0.1, -0.05) is 12.2 Å². The van der Waals surface area contributed by atoms with E-state index in [2.05, 4.69) is 36.5 Å². The van der Waals surface area contributed by atoms with E-state index in [1.165, 1.54) is 0 Å². The van der Waals surface area contributed by atoms with Crippen LogP contribution in [0.3, 0.4) is 0 Å². The Balaban J connectivity index is 2.69. The lowest BCUT2D eigenvalue weighted by Crippen LogP contribution is -2.34. The zero-order valence-corrected chi connectivity index (χ0v) is 14.2. The Hall–Kier alpha value is -0.390. The number of nitrogens with zero attached hydrogens (tertiary/aromatic N) is 2. The molecule has 0 spiro atoms. The molecule has 19 heavy (non-hydrogen) atoms. The topological polar surface area (TPSA) is 23.6 Å². The normalized spacial score (nSPS) is 12.4. The van der Waals surface area contributed by atoms with Gasteiger partial charge in [0.05, 0.1) is 5.69 Å². The maximum atomic E-state index is 11.9. The van der Waals surface area contributed by atoms with Gasteiger partial charge in [-0.15, -0.1) is 0 Å². The molecule has 1 aromatic carbocycles. The van der Waals surface area contributed by atoms with Crippen LogP contribution in [0.15, 0.2) is 4.79 Å². The Labute approximate surface area is 126 Å². The Bertz CT molecular complexity index is 496. The lowest BCUT2D eigenvalue weighted by Gasteiger charge is -2.30. The highest BCUT2D eigenvalue weighted by atomic mass is 32.1. The third-order valence-electron chi connectivity index (χ3n) is 3.23. The van der Waals surface area contributed by atoms with Crippen LogP contribution in [0.4, 0.5) is 5.69 Å². The average molecular weight is 300 g/mol. The molecule has 3 nitrogen and oxygen atoms in total. The molecule has 0 N–H and O–H groups in total. The number of hydrogen-bond acceptors (Lipinski definition) is 5. The van der Waals surface area contributed by atoms with Crippen LogP contribution in [0.5, 0.6) is 0 Å². The van der Waals surface area contributed by atoms with Crippen LogP contribution in [0.1, 0.15) is 32.3 Å². The van der Waals surface area contributed by atoms with Gasteiger partial charge in [-0.05, 0) is 47.3 Å². The number of thiol groups is 1. The highest BCUT2D eigenvalue weighted by Gasteiger charge is 2.30. The zero-order chi connectivity index (χ0) is 14.8. The van der Waals surface area contributed by atoms with Crippen molar-refractivity contribution >= 4 is 30.5 Å². The van der Waals surface area contributed by atoms with E-state index in [0.29, 0.717) is 4.51 Å². The van der Waals surface area contributed by atoms with E-state index in [1.54, 1.807) is 0 Å². The maximum absolute atomic E-state index is 11.9. The van der Waals surface area contributed by atoms with Crippen molar-refractivity contribution in [3.63, 3.8) is 0 Å². The van der Waals surface area contributed by atoms with E-state index < -0.39 is 4.75 Å². The average Bonchev–Trinajstić information content (AvgIpc) is 2.27. The van der Waals surface area contributed by atoms with Crippen molar-refractivity contribution in [2.24, 2.45) is 0 Å². The summed E-state index contributed by atoms with van der Waals surface area (Å²) in [5.41, 5.74) is 1.67. The van der Waals surface area contributed by atoms with Gasteiger partial charge in [-0.2, -0.15) is 12.6 Å². The molecule has 0 heterocycles. The summed E-state index contributed by atoms with van der Waals surface area (Å²) in [6, 6.07) is 0. The summed E-state index contributed by atoms with van der Waals surface area (Å²) in [4.78, 5) is 16.1. The Kier molecular flexibility index (Phi) is 5.59. The van der Waals surface area contributed by atoms with Gasteiger partial charge in [-0.25, -0.2) is 0 Å². The summed E-state index contributed by atoms with van der Waals surface area (Å²) in [6.07, 6.45) is 2.24. The van der Waals surface area contributed by atoms with Gasteiger partial charge in [0, 0.05) is 23.9 Å². The van der Waals surface area contributed by atoms with Crippen LogP contribution in [0.2, 0.25) is 0 Å². The predicted molar refractivity (Wildman–Crippen MR) is 89.0 cm³/mol. The van der Waals surface area contributed by atoms with Gasteiger partial charge in [0.15, 0.2) is 0 Å². The molecule has 5 heteroatoms. The SMILES string of the molecule is CN(C)CCCCN(C)c1c(C(C)(C)S)c(=O)c1=S. The van der Waals surface area contributed by atoms with Gasteiger partial charge >= 0.3 is 0 Å². The molecule has 0 aliphatic rings. The number of rotatable bonds is 7. The predicted octanol–water partition coefficient (Wildman–Crippen LogP) is 2.59. The van der Waals surface area contributed by atoms with Gasteiger partial charge in [0.25, 0.3) is 0 Å². The molecule has 0 bridgehead atoms. The minimum absolute atomic E-state index is 0.00913. The molecule has 0 fully saturated rings. The molecule has 0 saturated heterocycles. The highest BCUT2D eigenvalue weighted by Crippen LogP contribution is 2.35. The van der Waals surface area contributed by atoms with Crippen LogP contribution in [0.25, 0.3) is 0 Å². The van der Waals surface area contributed by atoms with Crippen LogP contribution >= 0.6 is 24.8 Å². The van der Waals surface area contributed by atoms with Crippen molar-refractivity contribution in [3.05, 3.63) is 20.3 Å². The molecule has 0 amide bonds. The third-order valence-corrected chi connectivity index (χ3v) is 3.83. The molecular weight excluding hydrogens is 276 g/mol. The zero-order valence-electron chi connectivity index (χ0n) is 12.5. The van der Waals surface area contributed by atoms with Crippen LogP contribution in [0, 0.1) is 4.51 Å². The quantitative estimate of drug-likeness (QED) is 0.475. The summed E-state index contributed by atoms with van der Waals surface area (Å²) in [6.45, 7) is 5.88. The summed E-state index contributed by atoms with van der Waals surface area (Å²) in [5, 5.41) is 0. The minimum atomic E-state index is -0.424. The van der Waals surface area contributed by atoms with Crippen molar-refractivity contribution in [2.75, 3.05) is 39.1 Å². The second-order valence-electron chi connectivity index (χ2n) is 5.87. The first-order valence-corrected chi connectivity index (χ1v) is 7.44. The molecular formula is C14H24N2OS2. The summed E-state index contributed by atoms with van der Waals surface area (Å²) in [7, 11) is 6.16. The van der Waals surface area contributed by atoms with Crippen molar-refractivity contribution in [1.29, 1.82) is 0 Å². The molecule has 0 saturated carbocycles. The molecule has 1 rings (SSSR count). The second kappa shape index (κ2) is 6.37. The van der Waals surface area contributed by atoms with Gasteiger partial charge in [0.1, 0.15) is 4.51 Å². The van der Waals surface area contributed by atoms with E-state index >= 15 is 0 Å². The molecule has 0 atom stereocenters.